The Morgan fingerprint density at radius 3 is 2.03 bits per heavy atom. The summed E-state index contributed by atoms with van der Waals surface area (Å²) in [5.41, 5.74) is 2.62. The van der Waals surface area contributed by atoms with Crippen molar-refractivity contribution in [1.82, 2.24) is 0 Å². The highest BCUT2D eigenvalue weighted by Crippen LogP contribution is 2.23. The van der Waals surface area contributed by atoms with E-state index in [9.17, 15) is 13.2 Å². The van der Waals surface area contributed by atoms with Crippen molar-refractivity contribution in [2.45, 2.75) is 16.7 Å². The molecule has 0 aliphatic carbocycles. The first-order valence-electron chi connectivity index (χ1n) is 8.92. The molecule has 0 aliphatic heterocycles. The SMILES string of the molecule is CSc1ccc(NC(=O)c2ccc(N(C)S(=O)(=O)c3ccc(C)cc3)cc2)cc1. The molecule has 1 N–H and O–H groups in total. The van der Waals surface area contributed by atoms with Crippen LogP contribution in [0, 0.1) is 6.92 Å². The molecule has 0 saturated carbocycles. The highest BCUT2D eigenvalue weighted by atomic mass is 32.2. The Kier molecular flexibility index (Phi) is 6.30. The fraction of sp³-hybridized carbons (Fsp3) is 0.136. The van der Waals surface area contributed by atoms with E-state index in [1.807, 2.05) is 37.4 Å². The van der Waals surface area contributed by atoms with Gasteiger partial charge in [0.2, 0.25) is 0 Å². The Hall–Kier alpha value is -2.77. The minimum absolute atomic E-state index is 0.223. The van der Waals surface area contributed by atoms with Gasteiger partial charge in [-0.1, -0.05) is 17.7 Å². The van der Waals surface area contributed by atoms with E-state index < -0.39 is 10.0 Å². The topological polar surface area (TPSA) is 66.5 Å². The number of thioether (sulfide) groups is 1. The van der Waals surface area contributed by atoms with Gasteiger partial charge < -0.3 is 5.32 Å². The Morgan fingerprint density at radius 1 is 0.897 bits per heavy atom. The molecule has 0 bridgehead atoms. The number of carbonyl (C=O) groups is 1. The van der Waals surface area contributed by atoms with Gasteiger partial charge in [-0.05, 0) is 73.8 Å². The predicted molar refractivity (Wildman–Crippen MR) is 119 cm³/mol. The van der Waals surface area contributed by atoms with Crippen LogP contribution < -0.4 is 9.62 Å². The standard InChI is InChI=1S/C22H22N2O3S2/c1-16-4-14-21(15-5-16)29(26,27)24(2)19-10-6-17(7-11-19)22(25)23-18-8-12-20(28-3)13-9-18/h4-15H,1-3H3,(H,23,25). The second kappa shape index (κ2) is 8.71. The fourth-order valence-electron chi connectivity index (χ4n) is 2.71. The molecule has 0 fully saturated rings. The van der Waals surface area contributed by atoms with Crippen molar-refractivity contribution < 1.29 is 13.2 Å². The number of anilines is 2. The molecule has 0 atom stereocenters. The summed E-state index contributed by atoms with van der Waals surface area (Å²) in [5, 5.41) is 2.84. The molecule has 0 spiro atoms. The maximum absolute atomic E-state index is 12.8. The van der Waals surface area contributed by atoms with E-state index in [1.165, 1.54) is 11.4 Å². The number of aryl methyl sites for hydroxylation is 1. The number of nitrogens with zero attached hydrogens (tertiary/aromatic N) is 1. The van der Waals surface area contributed by atoms with Crippen molar-refractivity contribution in [2.24, 2.45) is 0 Å². The van der Waals surface area contributed by atoms with Crippen molar-refractivity contribution >= 4 is 39.1 Å². The lowest BCUT2D eigenvalue weighted by Gasteiger charge is -2.20. The van der Waals surface area contributed by atoms with Crippen molar-refractivity contribution in [3.8, 4) is 0 Å². The highest BCUT2D eigenvalue weighted by Gasteiger charge is 2.21. The molecule has 3 rings (SSSR count). The molecule has 0 radical (unpaired) electrons. The van der Waals surface area contributed by atoms with E-state index >= 15 is 0 Å². The van der Waals surface area contributed by atoms with Crippen LogP contribution >= 0.6 is 11.8 Å². The van der Waals surface area contributed by atoms with Crippen molar-refractivity contribution in [2.75, 3.05) is 22.9 Å². The predicted octanol–water partition coefficient (Wildman–Crippen LogP) is 4.79. The number of carbonyl (C=O) groups excluding carboxylic acids is 1. The first-order valence-corrected chi connectivity index (χ1v) is 11.6. The molecule has 3 aromatic rings. The molecule has 1 amide bonds. The molecule has 150 valence electrons. The summed E-state index contributed by atoms with van der Waals surface area (Å²) in [4.78, 5) is 13.8. The first kappa shape index (κ1) is 21.0. The van der Waals surface area contributed by atoms with Gasteiger partial charge in [-0.15, -0.1) is 11.8 Å². The maximum Gasteiger partial charge on any atom is 0.264 e. The summed E-state index contributed by atoms with van der Waals surface area (Å²) < 4.78 is 26.8. The van der Waals surface area contributed by atoms with E-state index in [0.29, 0.717) is 16.9 Å². The van der Waals surface area contributed by atoms with Crippen molar-refractivity contribution in [1.29, 1.82) is 0 Å². The van der Waals surface area contributed by atoms with E-state index in [-0.39, 0.29) is 10.8 Å². The van der Waals surface area contributed by atoms with E-state index in [1.54, 1.807) is 60.3 Å². The van der Waals surface area contributed by atoms with Gasteiger partial charge >= 0.3 is 0 Å². The van der Waals surface area contributed by atoms with Gasteiger partial charge in [0.25, 0.3) is 15.9 Å². The third-order valence-corrected chi connectivity index (χ3v) is 7.06. The van der Waals surface area contributed by atoms with Crippen molar-refractivity contribution in [3.63, 3.8) is 0 Å². The third kappa shape index (κ3) is 4.81. The summed E-state index contributed by atoms with van der Waals surface area (Å²) >= 11 is 1.63. The number of hydrogen-bond acceptors (Lipinski definition) is 4. The van der Waals surface area contributed by atoms with Crippen LogP contribution in [-0.2, 0) is 10.0 Å². The monoisotopic (exact) mass is 426 g/mol. The molecular formula is C22H22N2O3S2. The highest BCUT2D eigenvalue weighted by molar-refractivity contribution is 7.98. The minimum atomic E-state index is -3.67. The zero-order valence-corrected chi connectivity index (χ0v) is 18.0. The summed E-state index contributed by atoms with van der Waals surface area (Å²) in [5.74, 6) is -0.252. The number of sulfonamides is 1. The van der Waals surface area contributed by atoms with Gasteiger partial charge in [0.1, 0.15) is 0 Å². The van der Waals surface area contributed by atoms with Crippen LogP contribution in [0.3, 0.4) is 0 Å². The quantitative estimate of drug-likeness (QED) is 0.575. The molecular weight excluding hydrogens is 404 g/mol. The van der Waals surface area contributed by atoms with E-state index in [2.05, 4.69) is 5.32 Å². The summed E-state index contributed by atoms with van der Waals surface area (Å²) in [6.45, 7) is 1.90. The number of nitrogens with one attached hydrogen (secondary N) is 1. The zero-order valence-electron chi connectivity index (χ0n) is 16.4. The van der Waals surface area contributed by atoms with Crippen LogP contribution in [0.2, 0.25) is 0 Å². The van der Waals surface area contributed by atoms with Crippen molar-refractivity contribution in [3.05, 3.63) is 83.9 Å². The van der Waals surface area contributed by atoms with E-state index in [0.717, 1.165) is 10.5 Å². The van der Waals surface area contributed by atoms with Crippen LogP contribution in [0.1, 0.15) is 15.9 Å². The normalized spacial score (nSPS) is 11.1. The van der Waals surface area contributed by atoms with E-state index in [4.69, 9.17) is 0 Å². The second-order valence-electron chi connectivity index (χ2n) is 6.52. The minimum Gasteiger partial charge on any atom is -0.322 e. The Balaban J connectivity index is 1.74. The molecule has 0 heterocycles. The third-order valence-electron chi connectivity index (χ3n) is 4.52. The van der Waals surface area contributed by atoms with Crippen LogP contribution in [0.15, 0.2) is 82.6 Å². The number of benzene rings is 3. The molecule has 7 heteroatoms. The molecule has 0 aromatic heterocycles. The summed E-state index contributed by atoms with van der Waals surface area (Å²) in [6.07, 6.45) is 1.99. The average molecular weight is 427 g/mol. The Morgan fingerprint density at radius 2 is 1.48 bits per heavy atom. The van der Waals surface area contributed by atoms with Gasteiger partial charge in [-0.25, -0.2) is 8.42 Å². The lowest BCUT2D eigenvalue weighted by atomic mass is 10.2. The largest absolute Gasteiger partial charge is 0.322 e. The number of hydrogen-bond donors (Lipinski definition) is 1. The van der Waals surface area contributed by atoms with Crippen LogP contribution in [0.4, 0.5) is 11.4 Å². The lowest BCUT2D eigenvalue weighted by molar-refractivity contribution is 0.102. The van der Waals surface area contributed by atoms with Gasteiger partial charge in [0.15, 0.2) is 0 Å². The Labute approximate surface area is 175 Å². The second-order valence-corrected chi connectivity index (χ2v) is 9.36. The van der Waals surface area contributed by atoms with Gasteiger partial charge in [0.05, 0.1) is 10.6 Å². The number of amides is 1. The van der Waals surface area contributed by atoms with Gasteiger partial charge in [-0.3, -0.25) is 9.10 Å². The van der Waals surface area contributed by atoms with Crippen LogP contribution in [0.5, 0.6) is 0 Å². The molecule has 3 aromatic carbocycles. The number of rotatable bonds is 6. The first-order chi connectivity index (χ1) is 13.8. The maximum atomic E-state index is 12.8. The smallest absolute Gasteiger partial charge is 0.264 e. The van der Waals surface area contributed by atoms with Gasteiger partial charge in [0, 0.05) is 23.2 Å². The fourth-order valence-corrected chi connectivity index (χ4v) is 4.31. The molecule has 29 heavy (non-hydrogen) atoms. The summed E-state index contributed by atoms with van der Waals surface area (Å²) in [7, 11) is -2.17. The molecule has 0 unspecified atom stereocenters. The van der Waals surface area contributed by atoms with Crippen LogP contribution in [-0.4, -0.2) is 27.6 Å². The lowest BCUT2D eigenvalue weighted by Crippen LogP contribution is -2.26. The average Bonchev–Trinajstić information content (AvgIpc) is 2.74. The zero-order chi connectivity index (χ0) is 21.0. The van der Waals surface area contributed by atoms with Crippen LogP contribution in [0.25, 0.3) is 0 Å². The molecule has 5 nitrogen and oxygen atoms in total. The Bertz CT molecular complexity index is 1090. The molecule has 0 aliphatic rings. The van der Waals surface area contributed by atoms with Gasteiger partial charge in [-0.2, -0.15) is 0 Å². The molecule has 0 saturated heterocycles. The summed E-state index contributed by atoms with van der Waals surface area (Å²) in [6, 6.07) is 20.7.